The molecule has 112 valence electrons. The van der Waals surface area contributed by atoms with Crippen LogP contribution in [0.4, 0.5) is 5.13 Å². The molecule has 0 atom stereocenters. The van der Waals surface area contributed by atoms with Gasteiger partial charge < -0.3 is 19.5 Å². The average molecular weight is 306 g/mol. The van der Waals surface area contributed by atoms with E-state index in [1.54, 1.807) is 11.3 Å². The van der Waals surface area contributed by atoms with Gasteiger partial charge >= 0.3 is 0 Å². The molecule has 4 heterocycles. The van der Waals surface area contributed by atoms with Crippen LogP contribution < -0.4 is 10.2 Å². The number of rotatable bonds is 2. The number of aromatic nitrogens is 4. The third-order valence-corrected chi connectivity index (χ3v) is 4.77. The molecule has 1 N–H and O–H groups in total. The number of anilines is 1. The van der Waals surface area contributed by atoms with E-state index in [0.717, 1.165) is 74.8 Å². The van der Waals surface area contributed by atoms with Crippen molar-refractivity contribution in [2.45, 2.75) is 13.0 Å². The maximum absolute atomic E-state index is 5.39. The minimum atomic E-state index is 0.779. The van der Waals surface area contributed by atoms with E-state index >= 15 is 0 Å². The first-order chi connectivity index (χ1) is 10.4. The highest BCUT2D eigenvalue weighted by atomic mass is 32.1. The predicted molar refractivity (Wildman–Crippen MR) is 80.7 cm³/mol. The van der Waals surface area contributed by atoms with Crippen molar-refractivity contribution in [1.82, 2.24) is 25.1 Å². The van der Waals surface area contributed by atoms with Gasteiger partial charge in [-0.1, -0.05) is 0 Å². The summed E-state index contributed by atoms with van der Waals surface area (Å²) in [5.74, 6) is 1.94. The summed E-state index contributed by atoms with van der Waals surface area (Å²) in [6.45, 7) is 6.21. The smallest absolute Gasteiger partial charge is 0.186 e. The third-order valence-electron chi connectivity index (χ3n) is 3.87. The molecular weight excluding hydrogens is 288 g/mol. The van der Waals surface area contributed by atoms with Crippen molar-refractivity contribution in [3.8, 4) is 11.5 Å². The van der Waals surface area contributed by atoms with E-state index in [2.05, 4.69) is 30.4 Å². The highest BCUT2D eigenvalue weighted by Gasteiger charge is 2.20. The minimum absolute atomic E-state index is 0.779. The largest absolute Gasteiger partial charge is 0.378 e. The molecule has 0 saturated carbocycles. The summed E-state index contributed by atoms with van der Waals surface area (Å²) in [6.07, 6.45) is 0.924. The van der Waals surface area contributed by atoms with Crippen LogP contribution in [-0.2, 0) is 17.7 Å². The Morgan fingerprint density at radius 2 is 2.05 bits per heavy atom. The number of hydrogen-bond donors (Lipinski definition) is 1. The van der Waals surface area contributed by atoms with E-state index in [9.17, 15) is 0 Å². The second kappa shape index (κ2) is 5.70. The van der Waals surface area contributed by atoms with Crippen molar-refractivity contribution >= 4 is 16.5 Å². The van der Waals surface area contributed by atoms with Crippen LogP contribution in [0.2, 0.25) is 0 Å². The molecule has 0 unspecified atom stereocenters. The van der Waals surface area contributed by atoms with Crippen LogP contribution in [0.1, 0.15) is 5.82 Å². The monoisotopic (exact) mass is 306 g/mol. The fraction of sp³-hybridized carbons (Fsp3) is 0.615. The van der Waals surface area contributed by atoms with Gasteiger partial charge in [0.2, 0.25) is 0 Å². The first-order valence-corrected chi connectivity index (χ1v) is 8.21. The molecule has 0 amide bonds. The Balaban J connectivity index is 1.62. The Labute approximate surface area is 127 Å². The summed E-state index contributed by atoms with van der Waals surface area (Å²) >= 11 is 1.67. The summed E-state index contributed by atoms with van der Waals surface area (Å²) < 4.78 is 7.58. The first kappa shape index (κ1) is 13.2. The maximum Gasteiger partial charge on any atom is 0.186 e. The molecule has 0 aromatic carbocycles. The highest BCUT2D eigenvalue weighted by molar-refractivity contribution is 7.14. The van der Waals surface area contributed by atoms with E-state index in [1.807, 2.05) is 0 Å². The molecule has 2 aromatic rings. The van der Waals surface area contributed by atoms with Gasteiger partial charge in [0, 0.05) is 44.5 Å². The topological polar surface area (TPSA) is 68.1 Å². The summed E-state index contributed by atoms with van der Waals surface area (Å²) in [4.78, 5) is 7.04. The van der Waals surface area contributed by atoms with Gasteiger partial charge in [-0.15, -0.1) is 21.5 Å². The molecule has 1 fully saturated rings. The van der Waals surface area contributed by atoms with Crippen LogP contribution in [-0.4, -0.2) is 59.1 Å². The summed E-state index contributed by atoms with van der Waals surface area (Å²) in [6, 6.07) is 0. The normalized spacial score (nSPS) is 19.3. The minimum Gasteiger partial charge on any atom is -0.378 e. The van der Waals surface area contributed by atoms with Gasteiger partial charge in [-0.25, -0.2) is 4.98 Å². The fourth-order valence-corrected chi connectivity index (χ4v) is 3.59. The van der Waals surface area contributed by atoms with Gasteiger partial charge in [0.1, 0.15) is 11.5 Å². The highest BCUT2D eigenvalue weighted by Crippen LogP contribution is 2.27. The van der Waals surface area contributed by atoms with E-state index in [1.165, 1.54) is 0 Å². The number of hydrogen-bond acceptors (Lipinski definition) is 7. The van der Waals surface area contributed by atoms with E-state index < -0.39 is 0 Å². The lowest BCUT2D eigenvalue weighted by molar-refractivity contribution is 0.122. The van der Waals surface area contributed by atoms with Gasteiger partial charge in [0.15, 0.2) is 11.0 Å². The fourth-order valence-electron chi connectivity index (χ4n) is 2.73. The molecule has 0 radical (unpaired) electrons. The Kier molecular flexibility index (Phi) is 3.58. The number of nitrogens with one attached hydrogen (secondary N) is 1. The molecule has 2 aliphatic rings. The predicted octanol–water partition coefficient (Wildman–Crippen LogP) is 0.384. The molecule has 2 aromatic heterocycles. The van der Waals surface area contributed by atoms with Gasteiger partial charge in [0.05, 0.1) is 13.2 Å². The zero-order valence-electron chi connectivity index (χ0n) is 11.8. The number of ether oxygens (including phenoxy) is 1. The second-order valence-electron chi connectivity index (χ2n) is 5.21. The molecule has 21 heavy (non-hydrogen) atoms. The van der Waals surface area contributed by atoms with Crippen LogP contribution in [0, 0.1) is 0 Å². The van der Waals surface area contributed by atoms with E-state index in [0.29, 0.717) is 0 Å². The van der Waals surface area contributed by atoms with Crippen molar-refractivity contribution in [3.63, 3.8) is 0 Å². The summed E-state index contributed by atoms with van der Waals surface area (Å²) in [5, 5.41) is 15.2. The summed E-state index contributed by atoms with van der Waals surface area (Å²) in [7, 11) is 0. The van der Waals surface area contributed by atoms with Gasteiger partial charge in [-0.2, -0.15) is 0 Å². The molecule has 4 rings (SSSR count). The van der Waals surface area contributed by atoms with Crippen LogP contribution >= 0.6 is 11.3 Å². The van der Waals surface area contributed by atoms with Crippen molar-refractivity contribution in [2.75, 3.05) is 44.3 Å². The lowest BCUT2D eigenvalue weighted by Crippen LogP contribution is -2.36. The van der Waals surface area contributed by atoms with Crippen molar-refractivity contribution < 1.29 is 4.74 Å². The Morgan fingerprint density at radius 3 is 2.95 bits per heavy atom. The molecule has 0 aliphatic carbocycles. The Morgan fingerprint density at radius 1 is 1.14 bits per heavy atom. The molecule has 7 nitrogen and oxygen atoms in total. The average Bonchev–Trinajstić information content (AvgIpc) is 3.10. The maximum atomic E-state index is 5.39. The lowest BCUT2D eigenvalue weighted by atomic mass is 10.4. The third kappa shape index (κ3) is 2.54. The number of thiazole rings is 1. The van der Waals surface area contributed by atoms with Crippen molar-refractivity contribution in [2.24, 2.45) is 0 Å². The number of nitrogens with zero attached hydrogens (tertiary/aromatic N) is 5. The zero-order valence-corrected chi connectivity index (χ0v) is 12.6. The van der Waals surface area contributed by atoms with E-state index in [-0.39, 0.29) is 0 Å². The van der Waals surface area contributed by atoms with Crippen LogP contribution in [0.15, 0.2) is 5.38 Å². The van der Waals surface area contributed by atoms with Gasteiger partial charge in [-0.05, 0) is 0 Å². The van der Waals surface area contributed by atoms with Crippen LogP contribution in [0.3, 0.4) is 0 Å². The first-order valence-electron chi connectivity index (χ1n) is 7.33. The Hall–Kier alpha value is -1.51. The van der Waals surface area contributed by atoms with Gasteiger partial charge in [-0.3, -0.25) is 0 Å². The number of morpholine rings is 1. The summed E-state index contributed by atoms with van der Waals surface area (Å²) in [5.41, 5.74) is 0.933. The van der Waals surface area contributed by atoms with Crippen LogP contribution in [0.5, 0.6) is 0 Å². The van der Waals surface area contributed by atoms with Crippen LogP contribution in [0.25, 0.3) is 11.5 Å². The van der Waals surface area contributed by atoms with Gasteiger partial charge in [0.25, 0.3) is 0 Å². The quantitative estimate of drug-likeness (QED) is 0.865. The SMILES string of the molecule is c1sc(N2CCOCC2)nc1-c1nnc2n1CCNCC2. The Bertz CT molecular complexity index is 618. The standard InChI is InChI=1S/C13H18N6OS/c1-2-14-3-4-19-11(1)16-17-12(19)10-9-21-13(15-10)18-5-7-20-8-6-18/h9,14H,1-8H2. The zero-order chi connectivity index (χ0) is 14.1. The molecular formula is C13H18N6OS. The molecule has 0 bridgehead atoms. The molecule has 0 spiro atoms. The van der Waals surface area contributed by atoms with Crippen molar-refractivity contribution in [3.05, 3.63) is 11.2 Å². The number of fused-ring (bicyclic) bond motifs is 1. The molecule has 1 saturated heterocycles. The molecule has 8 heteroatoms. The van der Waals surface area contributed by atoms with E-state index in [4.69, 9.17) is 9.72 Å². The molecule has 2 aliphatic heterocycles. The lowest BCUT2D eigenvalue weighted by Gasteiger charge is -2.25. The second-order valence-corrected chi connectivity index (χ2v) is 6.04. The van der Waals surface area contributed by atoms with Crippen molar-refractivity contribution in [1.29, 1.82) is 0 Å².